The van der Waals surface area contributed by atoms with Crippen molar-refractivity contribution in [2.45, 2.75) is 32.5 Å². The first kappa shape index (κ1) is 32.9. The minimum atomic E-state index is -3.58. The van der Waals surface area contributed by atoms with E-state index in [1.807, 2.05) is 59.4 Å². The van der Waals surface area contributed by atoms with Gasteiger partial charge >= 0.3 is 0 Å². The molecule has 11 nitrogen and oxygen atoms in total. The van der Waals surface area contributed by atoms with Gasteiger partial charge in [-0.2, -0.15) is 9.67 Å². The lowest BCUT2D eigenvalue weighted by molar-refractivity contribution is -0.594. The molecular weight excluding hydrogens is 641 g/mol. The number of carbonyl (C=O) groups excluding carboxylic acids is 1. The van der Waals surface area contributed by atoms with E-state index < -0.39 is 21.4 Å². The van der Waals surface area contributed by atoms with Crippen molar-refractivity contribution >= 4 is 38.0 Å². The summed E-state index contributed by atoms with van der Waals surface area (Å²) in [6.45, 7) is 9.29. The maximum atomic E-state index is 13.4. The zero-order chi connectivity index (χ0) is 34.1. The molecule has 0 radical (unpaired) electrons. The second-order valence-corrected chi connectivity index (χ2v) is 15.2. The summed E-state index contributed by atoms with van der Waals surface area (Å²) in [6, 6.07) is 24.1. The molecule has 2 aromatic carbocycles. The molecule has 5 aromatic rings. The van der Waals surface area contributed by atoms with Gasteiger partial charge in [0.15, 0.2) is 33.7 Å². The fourth-order valence-electron chi connectivity index (χ4n) is 6.34. The zero-order valence-corrected chi connectivity index (χ0v) is 28.8. The molecule has 3 aromatic heterocycles. The van der Waals surface area contributed by atoms with Crippen LogP contribution in [0.3, 0.4) is 0 Å². The number of anilines is 2. The van der Waals surface area contributed by atoms with Gasteiger partial charge in [-0.05, 0) is 29.7 Å². The summed E-state index contributed by atoms with van der Waals surface area (Å²) in [4.78, 5) is 22.7. The van der Waals surface area contributed by atoms with Gasteiger partial charge < -0.3 is 19.3 Å². The number of Topliss-reactive ketones (excluding diaryl/α,β-unsaturated/α-hetero) is 1. The van der Waals surface area contributed by atoms with Crippen molar-refractivity contribution in [2.24, 2.45) is 0 Å². The van der Waals surface area contributed by atoms with Crippen molar-refractivity contribution in [2.75, 3.05) is 61.2 Å². The third kappa shape index (κ3) is 7.22. The molecule has 49 heavy (non-hydrogen) atoms. The molecule has 0 spiro atoms. The van der Waals surface area contributed by atoms with Gasteiger partial charge in [0.25, 0.3) is 0 Å². The van der Waals surface area contributed by atoms with Crippen LogP contribution in [0.5, 0.6) is 0 Å². The van der Waals surface area contributed by atoms with Gasteiger partial charge in [-0.15, -0.1) is 0 Å². The average Bonchev–Trinajstić information content (AvgIpc) is 3.48. The lowest BCUT2D eigenvalue weighted by Crippen LogP contribution is -2.52. The summed E-state index contributed by atoms with van der Waals surface area (Å²) in [6.07, 6.45) is 5.13. The van der Waals surface area contributed by atoms with E-state index in [0.29, 0.717) is 31.2 Å². The Morgan fingerprint density at radius 1 is 0.939 bits per heavy atom. The number of ketones is 1. The number of pyridine rings is 2. The highest BCUT2D eigenvalue weighted by Gasteiger charge is 2.30. The molecule has 0 atom stereocenters. The number of ether oxygens (including phenoxy) is 2. The van der Waals surface area contributed by atoms with Crippen molar-refractivity contribution in [3.05, 3.63) is 102 Å². The summed E-state index contributed by atoms with van der Waals surface area (Å²) in [5.74, 6) is -1.16. The van der Waals surface area contributed by atoms with Crippen LogP contribution in [0.15, 0.2) is 85.2 Å². The van der Waals surface area contributed by atoms with Gasteiger partial charge in [0.2, 0.25) is 5.69 Å². The highest BCUT2D eigenvalue weighted by atomic mass is 32.2. The molecule has 0 bridgehead atoms. The number of morpholine rings is 1. The second-order valence-electron chi connectivity index (χ2n) is 13.1. The van der Waals surface area contributed by atoms with Crippen LogP contribution in [0.4, 0.5) is 11.4 Å². The summed E-state index contributed by atoms with van der Waals surface area (Å²) < 4.78 is 39.7. The number of benzene rings is 2. The van der Waals surface area contributed by atoms with Crippen LogP contribution in [0, 0.1) is 0 Å². The molecule has 0 amide bonds. The Hall–Kier alpha value is -4.65. The molecular formula is C37H41N6O5S+. The second kappa shape index (κ2) is 13.7. The lowest BCUT2D eigenvalue weighted by Gasteiger charge is -2.40. The minimum Gasteiger partial charge on any atom is -0.378 e. The number of fused-ring (bicyclic) bond motifs is 1. The molecule has 0 aliphatic carbocycles. The highest BCUT2D eigenvalue weighted by molar-refractivity contribution is 7.91. The van der Waals surface area contributed by atoms with Gasteiger partial charge in [-0.3, -0.25) is 4.79 Å². The van der Waals surface area contributed by atoms with Crippen molar-refractivity contribution in [3.63, 3.8) is 0 Å². The first-order chi connectivity index (χ1) is 23.6. The number of hydrogen-bond donors (Lipinski definition) is 0. The maximum Gasteiger partial charge on any atom is 0.225 e. The molecule has 12 heteroatoms. The van der Waals surface area contributed by atoms with Gasteiger partial charge in [0.05, 0.1) is 37.3 Å². The van der Waals surface area contributed by atoms with Crippen molar-refractivity contribution in [1.29, 1.82) is 0 Å². The van der Waals surface area contributed by atoms with E-state index in [2.05, 4.69) is 47.9 Å². The van der Waals surface area contributed by atoms with Crippen LogP contribution in [-0.4, -0.2) is 86.5 Å². The first-order valence-electron chi connectivity index (χ1n) is 16.6. The van der Waals surface area contributed by atoms with E-state index in [1.54, 1.807) is 10.7 Å². The van der Waals surface area contributed by atoms with Gasteiger partial charge in [0, 0.05) is 62.0 Å². The summed E-state index contributed by atoms with van der Waals surface area (Å²) in [5.41, 5.74) is 6.16. The van der Waals surface area contributed by atoms with Crippen LogP contribution < -0.4 is 14.4 Å². The highest BCUT2D eigenvalue weighted by Crippen LogP contribution is 2.32. The molecule has 254 valence electrons. The Morgan fingerprint density at radius 3 is 2.35 bits per heavy atom. The van der Waals surface area contributed by atoms with Crippen molar-refractivity contribution < 1.29 is 27.3 Å². The fourth-order valence-corrected chi connectivity index (χ4v) is 6.97. The number of aromatic nitrogens is 4. The van der Waals surface area contributed by atoms with Crippen molar-refractivity contribution in [1.82, 2.24) is 14.8 Å². The number of nitrogens with zero attached hydrogens (tertiary/aromatic N) is 6. The third-order valence-electron chi connectivity index (χ3n) is 8.95. The van der Waals surface area contributed by atoms with Crippen LogP contribution in [0.2, 0.25) is 0 Å². The maximum absolute atomic E-state index is 13.4. The number of sulfone groups is 1. The Morgan fingerprint density at radius 2 is 1.65 bits per heavy atom. The smallest absolute Gasteiger partial charge is 0.225 e. The van der Waals surface area contributed by atoms with Gasteiger partial charge in [-0.1, -0.05) is 50.2 Å². The molecule has 2 aliphatic rings. The van der Waals surface area contributed by atoms with Crippen LogP contribution >= 0.6 is 0 Å². The molecule has 2 fully saturated rings. The van der Waals surface area contributed by atoms with Crippen LogP contribution in [0.1, 0.15) is 41.5 Å². The topological polar surface area (TPSA) is 111 Å². The number of rotatable bonds is 11. The predicted molar refractivity (Wildman–Crippen MR) is 189 cm³/mol. The summed E-state index contributed by atoms with van der Waals surface area (Å²) in [7, 11) is -3.58. The summed E-state index contributed by atoms with van der Waals surface area (Å²) in [5, 5.41) is 5.88. The Balaban J connectivity index is 1.25. The monoisotopic (exact) mass is 681 g/mol. The fraction of sp³-hybridized carbons (Fsp3) is 0.351. The van der Waals surface area contributed by atoms with Crippen LogP contribution in [-0.2, 0) is 25.9 Å². The predicted octanol–water partition coefficient (Wildman–Crippen LogP) is 4.29. The minimum absolute atomic E-state index is 0.0381. The van der Waals surface area contributed by atoms with E-state index in [4.69, 9.17) is 19.6 Å². The standard InChI is InChI=1S/C37H41N6O5S/c1-26(2)36-35-33(41-14-12-28(13-15-41)40-16-18-47-19-17-40)21-32(34(44)25-49(3,45)46)38-37(35)43(39-36)30-11-7-10-29(20-30)42-22-31(23-42)48-24-27-8-5-4-6-9-27/h4-15,20-21,26,31H,16-19,22-25H2,1-3H3/q+1. The molecule has 2 aliphatic heterocycles. The normalized spacial score (nSPS) is 15.6. The van der Waals surface area contributed by atoms with Crippen LogP contribution in [0.25, 0.3) is 22.4 Å². The molecule has 0 unspecified atom stereocenters. The Kier molecular flexibility index (Phi) is 9.19. The third-order valence-corrected chi connectivity index (χ3v) is 9.74. The van der Waals surface area contributed by atoms with E-state index >= 15 is 0 Å². The largest absolute Gasteiger partial charge is 0.378 e. The van der Waals surface area contributed by atoms with E-state index in [1.165, 1.54) is 0 Å². The first-order valence-corrected chi connectivity index (χ1v) is 18.7. The molecule has 0 N–H and O–H groups in total. The van der Waals surface area contributed by atoms with Gasteiger partial charge in [0.1, 0.15) is 16.8 Å². The molecule has 7 rings (SSSR count). The van der Waals surface area contributed by atoms with E-state index in [9.17, 15) is 13.2 Å². The summed E-state index contributed by atoms with van der Waals surface area (Å²) >= 11 is 0. The van der Waals surface area contributed by atoms with E-state index in [0.717, 1.165) is 66.1 Å². The quantitative estimate of drug-likeness (QED) is 0.149. The Labute approximate surface area is 286 Å². The number of hydrogen-bond acceptors (Lipinski definition) is 9. The van der Waals surface area contributed by atoms with E-state index in [-0.39, 0.29) is 17.7 Å². The molecule has 5 heterocycles. The average molecular weight is 682 g/mol. The van der Waals surface area contributed by atoms with Crippen molar-refractivity contribution in [3.8, 4) is 11.4 Å². The molecule has 2 saturated heterocycles. The zero-order valence-electron chi connectivity index (χ0n) is 28.0. The molecule has 0 saturated carbocycles. The SMILES string of the molecule is CC(C)c1nn(-c2cccc(N3CC(OCc4ccccc4)C3)c2)c2nc(C(=O)CS(C)(=O)=O)cc(-[n+]3ccc(N4CCOCC4)cc3)c12. The Bertz CT molecular complexity index is 2070. The van der Waals surface area contributed by atoms with Gasteiger partial charge in [-0.25, -0.2) is 18.1 Å². The lowest BCUT2D eigenvalue weighted by atomic mass is 10.1. The number of carbonyl (C=O) groups is 1.